The fourth-order valence-electron chi connectivity index (χ4n) is 3.36. The SMILES string of the molecule is CN1C(=O)N(c2ccc3cnc(Cl)cc3n2)C2CCNCC21. The molecule has 2 aliphatic heterocycles. The number of likely N-dealkylation sites (N-methyl/N-ethyl adjacent to an activating group) is 1. The van der Waals surface area contributed by atoms with Crippen molar-refractivity contribution >= 4 is 34.4 Å². The van der Waals surface area contributed by atoms with Crippen LogP contribution in [0.5, 0.6) is 0 Å². The smallest absolute Gasteiger partial charge is 0.321 e. The zero-order valence-electron chi connectivity index (χ0n) is 12.2. The minimum atomic E-state index is 0.00528. The Kier molecular flexibility index (Phi) is 3.16. The average molecular weight is 318 g/mol. The minimum Gasteiger partial charge on any atom is -0.321 e. The number of rotatable bonds is 1. The molecule has 2 aliphatic rings. The van der Waals surface area contributed by atoms with Crippen LogP contribution in [0.2, 0.25) is 5.15 Å². The topological polar surface area (TPSA) is 61.4 Å². The number of nitrogens with zero attached hydrogens (tertiary/aromatic N) is 4. The van der Waals surface area contributed by atoms with Crippen LogP contribution < -0.4 is 10.2 Å². The van der Waals surface area contributed by atoms with E-state index >= 15 is 0 Å². The molecular weight excluding hydrogens is 302 g/mol. The van der Waals surface area contributed by atoms with Gasteiger partial charge in [-0.3, -0.25) is 4.90 Å². The molecule has 2 unspecified atom stereocenters. The lowest BCUT2D eigenvalue weighted by atomic mass is 10.0. The molecule has 4 rings (SSSR count). The van der Waals surface area contributed by atoms with Gasteiger partial charge in [0.25, 0.3) is 0 Å². The van der Waals surface area contributed by atoms with Gasteiger partial charge in [-0.15, -0.1) is 0 Å². The van der Waals surface area contributed by atoms with Crippen LogP contribution in [-0.2, 0) is 0 Å². The molecular formula is C15H16ClN5O. The summed E-state index contributed by atoms with van der Waals surface area (Å²) in [4.78, 5) is 24.9. The maximum Gasteiger partial charge on any atom is 0.326 e. The van der Waals surface area contributed by atoms with Gasteiger partial charge in [0.2, 0.25) is 0 Å². The van der Waals surface area contributed by atoms with Gasteiger partial charge in [-0.05, 0) is 25.1 Å². The Bertz CT molecular complexity index is 752. The summed E-state index contributed by atoms with van der Waals surface area (Å²) in [5.41, 5.74) is 0.755. The molecule has 2 saturated heterocycles. The summed E-state index contributed by atoms with van der Waals surface area (Å²) in [7, 11) is 1.86. The number of hydrogen-bond donors (Lipinski definition) is 1. The summed E-state index contributed by atoms with van der Waals surface area (Å²) >= 11 is 5.95. The number of carbonyl (C=O) groups excluding carboxylic acids is 1. The number of anilines is 1. The van der Waals surface area contributed by atoms with Crippen molar-refractivity contribution in [2.45, 2.75) is 18.5 Å². The van der Waals surface area contributed by atoms with Gasteiger partial charge in [-0.2, -0.15) is 0 Å². The minimum absolute atomic E-state index is 0.00528. The number of carbonyl (C=O) groups is 1. The Hall–Kier alpha value is -1.92. The Morgan fingerprint density at radius 3 is 3.09 bits per heavy atom. The lowest BCUT2D eigenvalue weighted by Gasteiger charge is -2.31. The predicted octanol–water partition coefficient (Wildman–Crippen LogP) is 1.89. The lowest BCUT2D eigenvalue weighted by Crippen LogP contribution is -2.49. The van der Waals surface area contributed by atoms with E-state index in [9.17, 15) is 4.79 Å². The van der Waals surface area contributed by atoms with Crippen LogP contribution in [0.4, 0.5) is 10.6 Å². The Morgan fingerprint density at radius 2 is 2.23 bits per heavy atom. The molecule has 7 heteroatoms. The zero-order valence-corrected chi connectivity index (χ0v) is 12.9. The summed E-state index contributed by atoms with van der Waals surface area (Å²) in [6.45, 7) is 1.74. The maximum absolute atomic E-state index is 12.6. The third-order valence-corrected chi connectivity index (χ3v) is 4.73. The van der Waals surface area contributed by atoms with Gasteiger partial charge in [0.1, 0.15) is 11.0 Å². The summed E-state index contributed by atoms with van der Waals surface area (Å²) < 4.78 is 0. The number of nitrogens with one attached hydrogen (secondary N) is 1. The number of amides is 2. The van der Waals surface area contributed by atoms with E-state index in [1.54, 1.807) is 12.3 Å². The molecule has 2 aromatic heterocycles. The highest BCUT2D eigenvalue weighted by Gasteiger charge is 2.46. The van der Waals surface area contributed by atoms with E-state index in [4.69, 9.17) is 11.6 Å². The molecule has 0 aliphatic carbocycles. The highest BCUT2D eigenvalue weighted by molar-refractivity contribution is 6.30. The van der Waals surface area contributed by atoms with Crippen LogP contribution in [0.1, 0.15) is 6.42 Å². The predicted molar refractivity (Wildman–Crippen MR) is 85.2 cm³/mol. The fourth-order valence-corrected chi connectivity index (χ4v) is 3.51. The Morgan fingerprint density at radius 1 is 1.36 bits per heavy atom. The van der Waals surface area contributed by atoms with E-state index in [2.05, 4.69) is 15.3 Å². The standard InChI is InChI=1S/C15H16ClN5O/c1-20-12-8-17-5-4-11(12)21(15(20)22)14-3-2-9-7-18-13(16)6-10(9)19-14/h2-3,6-7,11-12,17H,4-5,8H2,1H3. The van der Waals surface area contributed by atoms with E-state index in [-0.39, 0.29) is 18.1 Å². The van der Waals surface area contributed by atoms with E-state index in [0.717, 1.165) is 30.4 Å². The summed E-state index contributed by atoms with van der Waals surface area (Å²) in [6, 6.07) is 5.91. The molecule has 2 amide bonds. The largest absolute Gasteiger partial charge is 0.326 e. The van der Waals surface area contributed by atoms with Crippen molar-refractivity contribution in [1.29, 1.82) is 0 Å². The number of fused-ring (bicyclic) bond motifs is 2. The molecule has 0 spiro atoms. The van der Waals surface area contributed by atoms with Crippen LogP contribution in [0.15, 0.2) is 24.4 Å². The third-order valence-electron chi connectivity index (χ3n) is 4.52. The van der Waals surface area contributed by atoms with E-state index in [1.165, 1.54) is 0 Å². The van der Waals surface area contributed by atoms with Crippen molar-refractivity contribution in [3.63, 3.8) is 0 Å². The van der Waals surface area contributed by atoms with E-state index in [1.807, 2.05) is 29.0 Å². The van der Waals surface area contributed by atoms with Gasteiger partial charge >= 0.3 is 6.03 Å². The Labute approximate surface area is 133 Å². The first-order valence-electron chi connectivity index (χ1n) is 7.34. The van der Waals surface area contributed by atoms with Crippen LogP contribution in [0.3, 0.4) is 0 Å². The van der Waals surface area contributed by atoms with Gasteiger partial charge in [-0.25, -0.2) is 14.8 Å². The number of hydrogen-bond acceptors (Lipinski definition) is 4. The molecule has 2 atom stereocenters. The summed E-state index contributed by atoms with van der Waals surface area (Å²) in [5.74, 6) is 0.681. The Balaban J connectivity index is 1.78. The fraction of sp³-hybridized carbons (Fsp3) is 0.400. The van der Waals surface area contributed by atoms with Crippen molar-refractivity contribution in [3.8, 4) is 0 Å². The summed E-state index contributed by atoms with van der Waals surface area (Å²) in [6.07, 6.45) is 2.62. The van der Waals surface area contributed by atoms with Crippen LogP contribution in [0, 0.1) is 0 Å². The molecule has 0 aromatic carbocycles. The van der Waals surface area contributed by atoms with Gasteiger partial charge in [0.05, 0.1) is 17.6 Å². The van der Waals surface area contributed by atoms with Gasteiger partial charge in [0.15, 0.2) is 0 Å². The molecule has 0 bridgehead atoms. The molecule has 1 N–H and O–H groups in total. The number of aromatic nitrogens is 2. The second-order valence-corrected chi connectivity index (χ2v) is 6.15. The van der Waals surface area contributed by atoms with Gasteiger partial charge in [0, 0.05) is 31.2 Å². The second kappa shape index (κ2) is 5.07. The number of urea groups is 1. The average Bonchev–Trinajstić information content (AvgIpc) is 2.79. The van der Waals surface area contributed by atoms with Gasteiger partial charge in [-0.1, -0.05) is 11.6 Å². The molecule has 2 fully saturated rings. The second-order valence-electron chi connectivity index (χ2n) is 5.76. The van der Waals surface area contributed by atoms with Crippen molar-refractivity contribution in [2.24, 2.45) is 0 Å². The first-order chi connectivity index (χ1) is 10.6. The highest BCUT2D eigenvalue weighted by Crippen LogP contribution is 2.31. The summed E-state index contributed by atoms with van der Waals surface area (Å²) in [5, 5.41) is 4.67. The molecule has 2 aromatic rings. The molecule has 0 saturated carbocycles. The first kappa shape index (κ1) is 13.7. The normalized spacial score (nSPS) is 24.9. The number of pyridine rings is 2. The maximum atomic E-state index is 12.6. The van der Waals surface area contributed by atoms with Gasteiger partial charge < -0.3 is 10.2 Å². The monoisotopic (exact) mass is 317 g/mol. The molecule has 22 heavy (non-hydrogen) atoms. The first-order valence-corrected chi connectivity index (χ1v) is 7.72. The van der Waals surface area contributed by atoms with Crippen molar-refractivity contribution in [3.05, 3.63) is 29.5 Å². The van der Waals surface area contributed by atoms with Crippen LogP contribution >= 0.6 is 11.6 Å². The third kappa shape index (κ3) is 2.02. The van der Waals surface area contributed by atoms with Crippen LogP contribution in [0.25, 0.3) is 10.9 Å². The van der Waals surface area contributed by atoms with Crippen molar-refractivity contribution in [1.82, 2.24) is 20.2 Å². The van der Waals surface area contributed by atoms with Crippen LogP contribution in [-0.4, -0.2) is 53.1 Å². The molecule has 6 nitrogen and oxygen atoms in total. The van der Waals surface area contributed by atoms with E-state index in [0.29, 0.717) is 11.0 Å². The quantitative estimate of drug-likeness (QED) is 0.816. The molecule has 114 valence electrons. The van der Waals surface area contributed by atoms with Crippen molar-refractivity contribution < 1.29 is 4.79 Å². The van der Waals surface area contributed by atoms with Crippen molar-refractivity contribution in [2.75, 3.05) is 25.0 Å². The highest BCUT2D eigenvalue weighted by atomic mass is 35.5. The molecule has 4 heterocycles. The number of piperidine rings is 1. The zero-order chi connectivity index (χ0) is 15.3. The molecule has 0 radical (unpaired) electrons. The lowest BCUT2D eigenvalue weighted by molar-refractivity contribution is 0.212. The van der Waals surface area contributed by atoms with E-state index < -0.39 is 0 Å². The number of halogens is 1.